The molecule has 0 saturated carbocycles. The second kappa shape index (κ2) is 5.07. The number of carbonyl (C=O) groups excluding carboxylic acids is 1. The van der Waals surface area contributed by atoms with Crippen molar-refractivity contribution in [2.75, 3.05) is 0 Å². The van der Waals surface area contributed by atoms with Gasteiger partial charge in [-0.05, 0) is 46.6 Å². The number of fused-ring (bicyclic) bond motifs is 1. The van der Waals surface area contributed by atoms with E-state index < -0.39 is 17.4 Å². The van der Waals surface area contributed by atoms with Crippen LogP contribution in [0.25, 0.3) is 11.0 Å². The zero-order chi connectivity index (χ0) is 15.1. The van der Waals surface area contributed by atoms with Crippen LogP contribution in [0.5, 0.6) is 0 Å². The Morgan fingerprint density at radius 3 is 2.62 bits per heavy atom. The Morgan fingerprint density at radius 1 is 1.14 bits per heavy atom. The van der Waals surface area contributed by atoms with Crippen LogP contribution < -0.4 is 0 Å². The van der Waals surface area contributed by atoms with Gasteiger partial charge in [0.15, 0.2) is 17.4 Å². The van der Waals surface area contributed by atoms with Gasteiger partial charge < -0.3 is 4.42 Å². The molecule has 0 unspecified atom stereocenters. The van der Waals surface area contributed by atoms with Crippen LogP contribution in [0.3, 0.4) is 0 Å². The van der Waals surface area contributed by atoms with Gasteiger partial charge in [0.2, 0.25) is 5.78 Å². The van der Waals surface area contributed by atoms with Crippen LogP contribution in [0, 0.1) is 18.6 Å². The number of hydrogen-bond acceptors (Lipinski definition) is 2. The summed E-state index contributed by atoms with van der Waals surface area (Å²) in [6, 6.07) is 9.48. The fourth-order valence-electron chi connectivity index (χ4n) is 2.09. The van der Waals surface area contributed by atoms with Crippen LogP contribution in [0.15, 0.2) is 45.3 Å². The Labute approximate surface area is 127 Å². The van der Waals surface area contributed by atoms with Gasteiger partial charge in [-0.15, -0.1) is 0 Å². The Balaban J connectivity index is 2.13. The zero-order valence-corrected chi connectivity index (χ0v) is 12.5. The summed E-state index contributed by atoms with van der Waals surface area (Å²) in [6.07, 6.45) is 0. The van der Waals surface area contributed by atoms with Gasteiger partial charge >= 0.3 is 0 Å². The molecule has 0 aliphatic rings. The number of hydrogen-bond donors (Lipinski definition) is 0. The summed E-state index contributed by atoms with van der Waals surface area (Å²) in [7, 11) is 0. The predicted octanol–water partition coefficient (Wildman–Crippen LogP) is 5.01. The van der Waals surface area contributed by atoms with E-state index in [4.69, 9.17) is 4.42 Å². The van der Waals surface area contributed by atoms with Crippen molar-refractivity contribution in [3.8, 4) is 0 Å². The van der Waals surface area contributed by atoms with Crippen LogP contribution in [0.1, 0.15) is 21.7 Å². The van der Waals surface area contributed by atoms with Gasteiger partial charge in [0.05, 0.1) is 10.0 Å². The van der Waals surface area contributed by atoms with Crippen molar-refractivity contribution in [2.24, 2.45) is 0 Å². The monoisotopic (exact) mass is 350 g/mol. The second-order valence-corrected chi connectivity index (χ2v) is 5.51. The van der Waals surface area contributed by atoms with E-state index in [2.05, 4.69) is 15.9 Å². The summed E-state index contributed by atoms with van der Waals surface area (Å²) in [6.45, 7) is 1.44. The lowest BCUT2D eigenvalue weighted by molar-refractivity contribution is 0.101. The van der Waals surface area contributed by atoms with E-state index in [1.54, 1.807) is 18.2 Å². The summed E-state index contributed by atoms with van der Waals surface area (Å²) in [5.41, 5.74) is 0.304. The number of carbonyl (C=O) groups is 1. The maximum absolute atomic E-state index is 13.9. The van der Waals surface area contributed by atoms with E-state index in [1.807, 2.05) is 0 Å². The first-order valence-electron chi connectivity index (χ1n) is 6.16. The average molecular weight is 351 g/mol. The van der Waals surface area contributed by atoms with Crippen LogP contribution in [-0.4, -0.2) is 5.78 Å². The van der Waals surface area contributed by atoms with Crippen molar-refractivity contribution in [1.29, 1.82) is 0 Å². The van der Waals surface area contributed by atoms with E-state index in [9.17, 15) is 13.6 Å². The molecule has 21 heavy (non-hydrogen) atoms. The number of ketones is 1. The van der Waals surface area contributed by atoms with Crippen molar-refractivity contribution < 1.29 is 18.0 Å². The maximum Gasteiger partial charge on any atom is 0.231 e. The summed E-state index contributed by atoms with van der Waals surface area (Å²) in [5.74, 6) is -2.88. The summed E-state index contributed by atoms with van der Waals surface area (Å²) in [5, 5.41) is 0.709. The molecule has 0 bridgehead atoms. The Kier molecular flexibility index (Phi) is 3.37. The highest BCUT2D eigenvalue weighted by Gasteiger charge is 2.21. The maximum atomic E-state index is 13.9. The fraction of sp³-hybridized carbons (Fsp3) is 0.0625. The highest BCUT2D eigenvalue weighted by atomic mass is 79.9. The first-order valence-corrected chi connectivity index (χ1v) is 6.95. The quantitative estimate of drug-likeness (QED) is 0.608. The molecule has 106 valence electrons. The summed E-state index contributed by atoms with van der Waals surface area (Å²) < 4.78 is 33.6. The zero-order valence-electron chi connectivity index (χ0n) is 10.9. The van der Waals surface area contributed by atoms with Gasteiger partial charge in [-0.25, -0.2) is 8.78 Å². The SMILES string of the molecule is Cc1ccc(C(=O)c2cc3cccc(Br)c3o2)c(F)c1F. The topological polar surface area (TPSA) is 30.2 Å². The van der Waals surface area contributed by atoms with Gasteiger partial charge in [-0.3, -0.25) is 4.79 Å². The van der Waals surface area contributed by atoms with Gasteiger partial charge in [0.25, 0.3) is 0 Å². The van der Waals surface area contributed by atoms with Crippen molar-refractivity contribution >= 4 is 32.7 Å². The van der Waals surface area contributed by atoms with Crippen LogP contribution in [-0.2, 0) is 0 Å². The Hall–Kier alpha value is -2.01. The van der Waals surface area contributed by atoms with E-state index in [0.29, 0.717) is 15.4 Å². The lowest BCUT2D eigenvalue weighted by Gasteiger charge is -2.03. The average Bonchev–Trinajstić information content (AvgIpc) is 2.90. The van der Waals surface area contributed by atoms with E-state index in [1.165, 1.54) is 25.1 Å². The number of aryl methyl sites for hydroxylation is 1. The molecule has 1 heterocycles. The van der Waals surface area contributed by atoms with Crippen molar-refractivity contribution in [1.82, 2.24) is 0 Å². The third-order valence-corrected chi connectivity index (χ3v) is 3.86. The molecule has 0 saturated heterocycles. The highest BCUT2D eigenvalue weighted by Crippen LogP contribution is 2.28. The molecule has 3 aromatic rings. The molecule has 5 heteroatoms. The minimum atomic E-state index is -1.15. The molecule has 0 spiro atoms. The third-order valence-electron chi connectivity index (χ3n) is 3.24. The minimum absolute atomic E-state index is 0.0287. The largest absolute Gasteiger partial charge is 0.451 e. The second-order valence-electron chi connectivity index (χ2n) is 4.66. The number of benzene rings is 2. The Bertz CT molecular complexity index is 868. The first kappa shape index (κ1) is 13.9. The molecule has 0 aliphatic carbocycles. The molecule has 0 atom stereocenters. The molecule has 0 radical (unpaired) electrons. The lowest BCUT2D eigenvalue weighted by Crippen LogP contribution is -2.05. The van der Waals surface area contributed by atoms with Crippen molar-refractivity contribution in [2.45, 2.75) is 6.92 Å². The number of furan rings is 1. The number of rotatable bonds is 2. The normalized spacial score (nSPS) is 11.0. The van der Waals surface area contributed by atoms with Crippen molar-refractivity contribution in [3.63, 3.8) is 0 Å². The third kappa shape index (κ3) is 2.27. The summed E-state index contributed by atoms with van der Waals surface area (Å²) >= 11 is 3.31. The van der Waals surface area contributed by atoms with Crippen LogP contribution in [0.2, 0.25) is 0 Å². The Morgan fingerprint density at radius 2 is 1.90 bits per heavy atom. The minimum Gasteiger partial charge on any atom is -0.451 e. The fourth-order valence-corrected chi connectivity index (χ4v) is 2.56. The molecule has 1 aromatic heterocycles. The molecular weight excluding hydrogens is 342 g/mol. The molecule has 0 amide bonds. The molecule has 2 aromatic carbocycles. The number of halogens is 3. The molecule has 3 rings (SSSR count). The summed E-state index contributed by atoms with van der Waals surface area (Å²) in [4.78, 5) is 12.3. The van der Waals surface area contributed by atoms with Gasteiger partial charge in [-0.1, -0.05) is 18.2 Å². The van der Waals surface area contributed by atoms with Gasteiger partial charge in [0.1, 0.15) is 5.58 Å². The lowest BCUT2D eigenvalue weighted by atomic mass is 10.1. The van der Waals surface area contributed by atoms with Crippen LogP contribution >= 0.6 is 15.9 Å². The standard InChI is InChI=1S/C16H9BrF2O2/c1-8-5-6-10(14(19)13(8)18)15(20)12-7-9-3-2-4-11(17)16(9)21-12/h2-7H,1H3. The molecule has 2 nitrogen and oxygen atoms in total. The molecule has 0 N–H and O–H groups in total. The molecule has 0 aliphatic heterocycles. The van der Waals surface area contributed by atoms with Crippen LogP contribution in [0.4, 0.5) is 8.78 Å². The smallest absolute Gasteiger partial charge is 0.231 e. The van der Waals surface area contributed by atoms with Gasteiger partial charge in [-0.2, -0.15) is 0 Å². The van der Waals surface area contributed by atoms with E-state index in [-0.39, 0.29) is 16.9 Å². The van der Waals surface area contributed by atoms with Gasteiger partial charge in [0, 0.05) is 5.39 Å². The number of para-hydroxylation sites is 1. The predicted molar refractivity (Wildman–Crippen MR) is 78.4 cm³/mol. The first-order chi connectivity index (χ1) is 9.99. The molecular formula is C16H9BrF2O2. The van der Waals surface area contributed by atoms with E-state index in [0.717, 1.165) is 0 Å². The highest BCUT2D eigenvalue weighted by molar-refractivity contribution is 9.10. The molecule has 0 fully saturated rings. The van der Waals surface area contributed by atoms with E-state index >= 15 is 0 Å². The van der Waals surface area contributed by atoms with Crippen molar-refractivity contribution in [3.05, 3.63) is 69.4 Å².